The van der Waals surface area contributed by atoms with Gasteiger partial charge >= 0.3 is 0 Å². The molecule has 1 atom stereocenters. The SMILES string of the molecule is CCOc1cc(C(OC)C(=O)NCc2ccc(C#N)cc2)c(F)cc1OCCO. The van der Waals surface area contributed by atoms with Gasteiger partial charge < -0.3 is 24.6 Å². The molecular formula is C21H23FN2O5. The van der Waals surface area contributed by atoms with Crippen molar-refractivity contribution >= 4 is 5.91 Å². The first-order valence-corrected chi connectivity index (χ1v) is 9.03. The van der Waals surface area contributed by atoms with Gasteiger partial charge in [0.2, 0.25) is 0 Å². The van der Waals surface area contributed by atoms with E-state index < -0.39 is 17.8 Å². The second kappa shape index (κ2) is 11.0. The standard InChI is InChI=1S/C21H23FN2O5/c1-3-28-18-10-16(17(22)11-19(18)29-9-8-25)20(27-2)21(26)24-13-15-6-4-14(12-23)5-7-15/h4-7,10-11,20,25H,3,8-9,13H2,1-2H3,(H,24,26). The Morgan fingerprint density at radius 3 is 2.52 bits per heavy atom. The minimum absolute atomic E-state index is 0.00428. The quantitative estimate of drug-likeness (QED) is 0.633. The number of rotatable bonds is 10. The van der Waals surface area contributed by atoms with Crippen molar-refractivity contribution < 1.29 is 28.5 Å². The number of benzene rings is 2. The Bertz CT molecular complexity index is 865. The molecule has 7 nitrogen and oxygen atoms in total. The Labute approximate surface area is 168 Å². The first kappa shape index (κ1) is 22.1. The molecule has 0 aliphatic carbocycles. The van der Waals surface area contributed by atoms with E-state index in [9.17, 15) is 9.18 Å². The number of nitrogens with zero attached hydrogens (tertiary/aromatic N) is 1. The number of hydrogen-bond acceptors (Lipinski definition) is 6. The molecule has 1 amide bonds. The zero-order chi connectivity index (χ0) is 21.2. The van der Waals surface area contributed by atoms with Gasteiger partial charge in [-0.05, 0) is 30.7 Å². The van der Waals surface area contributed by atoms with Crippen LogP contribution in [0.1, 0.15) is 29.7 Å². The number of aliphatic hydroxyl groups excluding tert-OH is 1. The van der Waals surface area contributed by atoms with E-state index in [1.54, 1.807) is 31.2 Å². The summed E-state index contributed by atoms with van der Waals surface area (Å²) in [7, 11) is 1.31. The van der Waals surface area contributed by atoms with Crippen molar-refractivity contribution in [3.05, 3.63) is 58.9 Å². The fourth-order valence-electron chi connectivity index (χ4n) is 2.64. The minimum Gasteiger partial charge on any atom is -0.490 e. The lowest BCUT2D eigenvalue weighted by Gasteiger charge is -2.19. The number of hydrogen-bond donors (Lipinski definition) is 2. The highest BCUT2D eigenvalue weighted by Crippen LogP contribution is 2.34. The van der Waals surface area contributed by atoms with E-state index >= 15 is 0 Å². The summed E-state index contributed by atoms with van der Waals surface area (Å²) >= 11 is 0. The number of nitriles is 1. The maximum absolute atomic E-state index is 14.7. The molecule has 2 aromatic carbocycles. The van der Waals surface area contributed by atoms with E-state index in [0.717, 1.165) is 11.6 Å². The molecule has 154 valence electrons. The van der Waals surface area contributed by atoms with Crippen molar-refractivity contribution in [2.45, 2.75) is 19.6 Å². The van der Waals surface area contributed by atoms with E-state index in [2.05, 4.69) is 5.32 Å². The monoisotopic (exact) mass is 402 g/mol. The molecule has 0 radical (unpaired) electrons. The molecule has 1 unspecified atom stereocenters. The van der Waals surface area contributed by atoms with Crippen LogP contribution in [-0.4, -0.2) is 37.9 Å². The third-order valence-electron chi connectivity index (χ3n) is 4.02. The predicted molar refractivity (Wildman–Crippen MR) is 103 cm³/mol. The number of carbonyl (C=O) groups excluding carboxylic acids is 1. The van der Waals surface area contributed by atoms with Crippen molar-refractivity contribution in [2.75, 3.05) is 26.9 Å². The van der Waals surface area contributed by atoms with Crippen LogP contribution < -0.4 is 14.8 Å². The molecule has 0 heterocycles. The summed E-state index contributed by atoms with van der Waals surface area (Å²) in [6.45, 7) is 2.02. The number of ether oxygens (including phenoxy) is 3. The molecule has 0 bridgehead atoms. The van der Waals surface area contributed by atoms with Gasteiger partial charge in [-0.25, -0.2) is 4.39 Å². The topological polar surface area (TPSA) is 101 Å². The van der Waals surface area contributed by atoms with Gasteiger partial charge in [0, 0.05) is 25.3 Å². The van der Waals surface area contributed by atoms with Gasteiger partial charge in [0.05, 0.1) is 24.8 Å². The van der Waals surface area contributed by atoms with Gasteiger partial charge in [-0.3, -0.25) is 4.79 Å². The highest BCUT2D eigenvalue weighted by atomic mass is 19.1. The van der Waals surface area contributed by atoms with E-state index in [-0.39, 0.29) is 36.8 Å². The van der Waals surface area contributed by atoms with Gasteiger partial charge in [-0.1, -0.05) is 12.1 Å². The van der Waals surface area contributed by atoms with E-state index in [4.69, 9.17) is 24.6 Å². The molecule has 2 rings (SSSR count). The fourth-order valence-corrected chi connectivity index (χ4v) is 2.64. The summed E-state index contributed by atoms with van der Waals surface area (Å²) in [4.78, 5) is 12.6. The van der Waals surface area contributed by atoms with Crippen molar-refractivity contribution in [3.63, 3.8) is 0 Å². The van der Waals surface area contributed by atoms with Crippen molar-refractivity contribution in [1.82, 2.24) is 5.32 Å². The molecule has 0 saturated carbocycles. The summed E-state index contributed by atoms with van der Waals surface area (Å²) < 4.78 is 30.6. The molecule has 29 heavy (non-hydrogen) atoms. The Morgan fingerprint density at radius 2 is 1.93 bits per heavy atom. The second-order valence-corrected chi connectivity index (χ2v) is 5.97. The zero-order valence-corrected chi connectivity index (χ0v) is 16.3. The third kappa shape index (κ3) is 5.91. The van der Waals surface area contributed by atoms with Crippen LogP contribution in [0.2, 0.25) is 0 Å². The molecule has 0 aromatic heterocycles. The largest absolute Gasteiger partial charge is 0.490 e. The van der Waals surface area contributed by atoms with Crippen LogP contribution in [0.25, 0.3) is 0 Å². The number of carbonyl (C=O) groups is 1. The number of halogens is 1. The fraction of sp³-hybridized carbons (Fsp3) is 0.333. The number of methoxy groups -OCH3 is 1. The normalized spacial score (nSPS) is 11.4. The van der Waals surface area contributed by atoms with Gasteiger partial charge in [0.15, 0.2) is 17.6 Å². The average Bonchev–Trinajstić information content (AvgIpc) is 2.74. The molecule has 0 saturated heterocycles. The van der Waals surface area contributed by atoms with Crippen LogP contribution in [0, 0.1) is 17.1 Å². The van der Waals surface area contributed by atoms with Crippen LogP contribution in [0.15, 0.2) is 36.4 Å². The third-order valence-corrected chi connectivity index (χ3v) is 4.02. The van der Waals surface area contributed by atoms with Crippen LogP contribution in [-0.2, 0) is 16.1 Å². The minimum atomic E-state index is -1.19. The number of amides is 1. The lowest BCUT2D eigenvalue weighted by Crippen LogP contribution is -2.30. The van der Waals surface area contributed by atoms with E-state index in [1.807, 2.05) is 6.07 Å². The Hall–Kier alpha value is -3.15. The van der Waals surface area contributed by atoms with Crippen LogP contribution in [0.5, 0.6) is 11.5 Å². The van der Waals surface area contributed by atoms with Crippen LogP contribution in [0.4, 0.5) is 4.39 Å². The molecule has 0 spiro atoms. The number of nitrogens with one attached hydrogen (secondary N) is 1. The van der Waals surface area contributed by atoms with Crippen LogP contribution in [0.3, 0.4) is 0 Å². The average molecular weight is 402 g/mol. The lowest BCUT2D eigenvalue weighted by atomic mass is 10.1. The maximum atomic E-state index is 14.7. The summed E-state index contributed by atoms with van der Waals surface area (Å²) in [5.74, 6) is -0.835. The van der Waals surface area contributed by atoms with E-state index in [1.165, 1.54) is 13.2 Å². The summed E-state index contributed by atoms with van der Waals surface area (Å²) in [5, 5.41) is 20.4. The van der Waals surface area contributed by atoms with Gasteiger partial charge in [0.1, 0.15) is 12.4 Å². The predicted octanol–water partition coefficient (Wildman–Crippen LogP) is 2.47. The van der Waals surface area contributed by atoms with Crippen LogP contribution >= 0.6 is 0 Å². The summed E-state index contributed by atoms with van der Waals surface area (Å²) in [6.07, 6.45) is -1.19. The molecular weight excluding hydrogens is 379 g/mol. The van der Waals surface area contributed by atoms with Crippen molar-refractivity contribution in [1.29, 1.82) is 5.26 Å². The molecule has 2 aromatic rings. The van der Waals surface area contributed by atoms with E-state index in [0.29, 0.717) is 12.2 Å². The molecule has 8 heteroatoms. The first-order valence-electron chi connectivity index (χ1n) is 9.03. The van der Waals surface area contributed by atoms with Gasteiger partial charge in [-0.2, -0.15) is 5.26 Å². The Kier molecular flexibility index (Phi) is 8.40. The lowest BCUT2D eigenvalue weighted by molar-refractivity contribution is -0.131. The van der Waals surface area contributed by atoms with Gasteiger partial charge in [0.25, 0.3) is 5.91 Å². The molecule has 0 aliphatic rings. The molecule has 0 fully saturated rings. The second-order valence-electron chi connectivity index (χ2n) is 5.97. The Morgan fingerprint density at radius 1 is 1.24 bits per heavy atom. The Balaban J connectivity index is 2.18. The highest BCUT2D eigenvalue weighted by Gasteiger charge is 2.26. The summed E-state index contributed by atoms with van der Waals surface area (Å²) in [6, 6.07) is 11.2. The summed E-state index contributed by atoms with van der Waals surface area (Å²) in [5.41, 5.74) is 1.31. The smallest absolute Gasteiger partial charge is 0.254 e. The van der Waals surface area contributed by atoms with Crippen molar-refractivity contribution in [2.24, 2.45) is 0 Å². The van der Waals surface area contributed by atoms with Crippen molar-refractivity contribution in [3.8, 4) is 17.6 Å². The highest BCUT2D eigenvalue weighted by molar-refractivity contribution is 5.82. The first-order chi connectivity index (χ1) is 14.0. The maximum Gasteiger partial charge on any atom is 0.254 e. The zero-order valence-electron chi connectivity index (χ0n) is 16.3. The number of aliphatic hydroxyl groups is 1. The molecule has 0 aliphatic heterocycles. The molecule has 2 N–H and O–H groups in total. The van der Waals surface area contributed by atoms with Gasteiger partial charge in [-0.15, -0.1) is 0 Å².